The molecule has 1 aliphatic rings. The minimum atomic E-state index is 0.406. The number of nitrogens with one attached hydrogen (secondary N) is 1. The molecule has 0 amide bonds. The van der Waals surface area contributed by atoms with Gasteiger partial charge in [-0.2, -0.15) is 0 Å². The Balaban J connectivity index is 1.72. The lowest BCUT2D eigenvalue weighted by Gasteiger charge is -2.31. The van der Waals surface area contributed by atoms with Gasteiger partial charge in [0.05, 0.1) is 17.3 Å². The Morgan fingerprint density at radius 2 is 2.19 bits per heavy atom. The lowest BCUT2D eigenvalue weighted by atomic mass is 9.89. The maximum absolute atomic E-state index is 5.93. The lowest BCUT2D eigenvalue weighted by Crippen LogP contribution is -2.41. The maximum Gasteiger partial charge on any atom is 0.122 e. The van der Waals surface area contributed by atoms with Crippen LogP contribution in [-0.4, -0.2) is 24.7 Å². The van der Waals surface area contributed by atoms with Crippen LogP contribution in [0.15, 0.2) is 24.3 Å². The molecule has 4 heteroatoms. The zero-order valence-corrected chi connectivity index (χ0v) is 13.7. The summed E-state index contributed by atoms with van der Waals surface area (Å²) < 4.78 is 5.93. The number of fused-ring (bicyclic) bond motifs is 1. The van der Waals surface area contributed by atoms with Crippen molar-refractivity contribution < 1.29 is 4.74 Å². The van der Waals surface area contributed by atoms with Gasteiger partial charge < -0.3 is 10.1 Å². The van der Waals surface area contributed by atoms with Gasteiger partial charge >= 0.3 is 0 Å². The maximum atomic E-state index is 5.93. The van der Waals surface area contributed by atoms with E-state index in [2.05, 4.69) is 42.3 Å². The number of nitrogens with zero attached hydrogens (tertiary/aromatic N) is 1. The Hall–Kier alpha value is -1.39. The second-order valence-electron chi connectivity index (χ2n) is 5.73. The number of likely N-dealkylation sites (N-methyl/N-ethyl adjacent to an activating group) is 1. The summed E-state index contributed by atoms with van der Waals surface area (Å²) >= 11 is 1.82. The van der Waals surface area contributed by atoms with Crippen LogP contribution in [0.2, 0.25) is 0 Å². The highest BCUT2D eigenvalue weighted by Crippen LogP contribution is 2.29. The summed E-state index contributed by atoms with van der Waals surface area (Å²) in [5.41, 5.74) is 2.48. The van der Waals surface area contributed by atoms with Gasteiger partial charge in [0.15, 0.2) is 0 Å². The van der Waals surface area contributed by atoms with E-state index in [0.717, 1.165) is 30.9 Å². The van der Waals surface area contributed by atoms with Crippen molar-refractivity contribution >= 4 is 11.3 Å². The summed E-state index contributed by atoms with van der Waals surface area (Å²) in [6.07, 6.45) is 2.05. The van der Waals surface area contributed by atoms with E-state index in [1.807, 2.05) is 24.5 Å². The van der Waals surface area contributed by atoms with Crippen molar-refractivity contribution in [2.24, 2.45) is 5.92 Å². The molecule has 1 aromatic heterocycles. The first-order chi connectivity index (χ1) is 10.2. The molecule has 0 saturated carbocycles. The van der Waals surface area contributed by atoms with Gasteiger partial charge in [-0.25, -0.2) is 4.98 Å². The molecule has 0 bridgehead atoms. The Morgan fingerprint density at radius 1 is 1.38 bits per heavy atom. The van der Waals surface area contributed by atoms with Gasteiger partial charge in [0.2, 0.25) is 0 Å². The Morgan fingerprint density at radius 3 is 2.90 bits per heavy atom. The number of ether oxygens (including phenoxy) is 1. The Kier molecular flexibility index (Phi) is 4.27. The van der Waals surface area contributed by atoms with E-state index in [0.29, 0.717) is 12.0 Å². The molecule has 0 saturated heterocycles. The number of hydrogen-bond acceptors (Lipinski definition) is 4. The van der Waals surface area contributed by atoms with Crippen molar-refractivity contribution in [3.63, 3.8) is 0 Å². The van der Waals surface area contributed by atoms with E-state index in [-0.39, 0.29) is 0 Å². The molecule has 0 aliphatic carbocycles. The molecule has 21 heavy (non-hydrogen) atoms. The van der Waals surface area contributed by atoms with Crippen LogP contribution in [-0.2, 0) is 12.8 Å². The van der Waals surface area contributed by atoms with Gasteiger partial charge in [0.1, 0.15) is 5.75 Å². The van der Waals surface area contributed by atoms with Crippen molar-refractivity contribution in [2.45, 2.75) is 32.7 Å². The zero-order valence-electron chi connectivity index (χ0n) is 12.8. The molecule has 112 valence electrons. The SMILES string of the molecule is CNC(Cc1nc(C)c(C)s1)C1COc2ccccc2C1. The minimum Gasteiger partial charge on any atom is -0.493 e. The van der Waals surface area contributed by atoms with Crippen molar-refractivity contribution in [2.75, 3.05) is 13.7 Å². The lowest BCUT2D eigenvalue weighted by molar-refractivity contribution is 0.187. The summed E-state index contributed by atoms with van der Waals surface area (Å²) in [7, 11) is 2.04. The normalized spacial score (nSPS) is 18.9. The van der Waals surface area contributed by atoms with E-state index >= 15 is 0 Å². The fourth-order valence-corrected chi connectivity index (χ4v) is 3.92. The summed E-state index contributed by atoms with van der Waals surface area (Å²) in [5.74, 6) is 1.54. The van der Waals surface area contributed by atoms with Crippen LogP contribution in [0.3, 0.4) is 0 Å². The summed E-state index contributed by atoms with van der Waals surface area (Å²) in [5, 5.41) is 4.69. The van der Waals surface area contributed by atoms with Crippen molar-refractivity contribution in [1.82, 2.24) is 10.3 Å². The Labute approximate surface area is 130 Å². The molecule has 3 nitrogen and oxygen atoms in total. The summed E-state index contributed by atoms with van der Waals surface area (Å²) in [4.78, 5) is 6.00. The first-order valence-electron chi connectivity index (χ1n) is 7.48. The van der Waals surface area contributed by atoms with Gasteiger partial charge in [-0.15, -0.1) is 11.3 Å². The fourth-order valence-electron chi connectivity index (χ4n) is 2.93. The molecule has 0 fully saturated rings. The van der Waals surface area contributed by atoms with E-state index in [1.165, 1.54) is 15.4 Å². The van der Waals surface area contributed by atoms with E-state index in [9.17, 15) is 0 Å². The summed E-state index contributed by atoms with van der Waals surface area (Å²) in [6.45, 7) is 5.01. The van der Waals surface area contributed by atoms with Crippen molar-refractivity contribution in [3.05, 3.63) is 45.4 Å². The van der Waals surface area contributed by atoms with Crippen LogP contribution >= 0.6 is 11.3 Å². The van der Waals surface area contributed by atoms with Crippen LogP contribution in [0.1, 0.15) is 21.1 Å². The van der Waals surface area contributed by atoms with Gasteiger partial charge in [0.25, 0.3) is 0 Å². The second-order valence-corrected chi connectivity index (χ2v) is 7.02. The fraction of sp³-hybridized carbons (Fsp3) is 0.471. The molecule has 2 aromatic rings. The second kappa shape index (κ2) is 6.16. The number of benzene rings is 1. The third-order valence-electron chi connectivity index (χ3n) is 4.31. The van der Waals surface area contributed by atoms with Crippen LogP contribution < -0.4 is 10.1 Å². The molecule has 2 heterocycles. The third kappa shape index (κ3) is 3.11. The first-order valence-corrected chi connectivity index (χ1v) is 8.30. The number of aromatic nitrogens is 1. The molecule has 1 aromatic carbocycles. The smallest absolute Gasteiger partial charge is 0.122 e. The highest BCUT2D eigenvalue weighted by Gasteiger charge is 2.27. The van der Waals surface area contributed by atoms with Crippen LogP contribution in [0.5, 0.6) is 5.75 Å². The topological polar surface area (TPSA) is 34.2 Å². The van der Waals surface area contributed by atoms with Gasteiger partial charge in [0, 0.05) is 23.3 Å². The minimum absolute atomic E-state index is 0.406. The van der Waals surface area contributed by atoms with E-state index in [1.54, 1.807) is 0 Å². The molecule has 2 unspecified atom stereocenters. The van der Waals surface area contributed by atoms with Gasteiger partial charge in [-0.1, -0.05) is 18.2 Å². The van der Waals surface area contributed by atoms with E-state index in [4.69, 9.17) is 4.74 Å². The van der Waals surface area contributed by atoms with Gasteiger partial charge in [-0.3, -0.25) is 0 Å². The number of para-hydroxylation sites is 1. The number of thiazole rings is 1. The van der Waals surface area contributed by atoms with E-state index < -0.39 is 0 Å². The largest absolute Gasteiger partial charge is 0.493 e. The summed E-state index contributed by atoms with van der Waals surface area (Å²) in [6, 6.07) is 8.77. The Bertz CT molecular complexity index is 604. The first kappa shape index (κ1) is 14.5. The average Bonchev–Trinajstić information content (AvgIpc) is 2.82. The quantitative estimate of drug-likeness (QED) is 0.942. The molecule has 3 rings (SSSR count). The molecular weight excluding hydrogens is 280 g/mol. The highest BCUT2D eigenvalue weighted by molar-refractivity contribution is 7.11. The van der Waals surface area contributed by atoms with Crippen molar-refractivity contribution in [1.29, 1.82) is 0 Å². The molecule has 0 spiro atoms. The molecule has 0 radical (unpaired) electrons. The number of rotatable bonds is 4. The molecule has 1 aliphatic heterocycles. The molecular formula is C17H22N2OS. The van der Waals surface area contributed by atoms with Crippen molar-refractivity contribution in [3.8, 4) is 5.75 Å². The molecule has 2 atom stereocenters. The van der Waals surface area contributed by atoms with Crippen LogP contribution in [0, 0.1) is 19.8 Å². The average molecular weight is 302 g/mol. The number of aryl methyl sites for hydroxylation is 2. The van der Waals surface area contributed by atoms with Gasteiger partial charge in [-0.05, 0) is 38.9 Å². The zero-order chi connectivity index (χ0) is 14.8. The third-order valence-corrected chi connectivity index (χ3v) is 5.41. The van der Waals surface area contributed by atoms with Crippen LogP contribution in [0.4, 0.5) is 0 Å². The predicted molar refractivity (Wildman–Crippen MR) is 87.3 cm³/mol. The number of hydrogen-bond donors (Lipinski definition) is 1. The monoisotopic (exact) mass is 302 g/mol. The predicted octanol–water partition coefficient (Wildman–Crippen LogP) is 3.14. The van der Waals surface area contributed by atoms with Crippen LogP contribution in [0.25, 0.3) is 0 Å². The highest BCUT2D eigenvalue weighted by atomic mass is 32.1. The standard InChI is InChI=1S/C17H22N2OS/c1-11-12(2)21-17(19-11)9-15(18-3)14-8-13-6-4-5-7-16(13)20-10-14/h4-7,14-15,18H,8-10H2,1-3H3. The molecule has 1 N–H and O–H groups in total.